The molecule has 1 aliphatic carbocycles. The van der Waals surface area contributed by atoms with Gasteiger partial charge in [0.25, 0.3) is 0 Å². The first kappa shape index (κ1) is 30.2. The molecule has 3 aromatic rings. The fraction of sp³-hybridized carbons (Fsp3) is 0.323. The molecule has 2 amide bonds. The number of carbonyl (C=O) groups excluding carboxylic acids is 2. The predicted molar refractivity (Wildman–Crippen MR) is 157 cm³/mol. The lowest BCUT2D eigenvalue weighted by Gasteiger charge is -2.32. The summed E-state index contributed by atoms with van der Waals surface area (Å²) in [6, 6.07) is 16.5. The Morgan fingerprint density at radius 1 is 1.00 bits per heavy atom. The van der Waals surface area contributed by atoms with Crippen LogP contribution in [0.15, 0.2) is 60.7 Å². The average molecular weight is 600 g/mol. The second kappa shape index (κ2) is 12.8. The van der Waals surface area contributed by atoms with Gasteiger partial charge >= 0.3 is 12.1 Å². The number of amides is 2. The van der Waals surface area contributed by atoms with Crippen LogP contribution in [0.5, 0.6) is 5.75 Å². The highest BCUT2D eigenvalue weighted by Crippen LogP contribution is 2.44. The Bertz CT molecular complexity index is 1390. The first-order valence-electron chi connectivity index (χ1n) is 13.3. The Labute approximate surface area is 248 Å². The molecule has 3 atom stereocenters. The van der Waals surface area contributed by atoms with Gasteiger partial charge in [-0.3, -0.25) is 9.69 Å². The highest BCUT2D eigenvalue weighted by atomic mass is 35.5. The first-order valence-corrected chi connectivity index (χ1v) is 14.1. The number of hydrogen-bond acceptors (Lipinski definition) is 5. The van der Waals surface area contributed by atoms with Crippen LogP contribution in [-0.2, 0) is 20.7 Å². The van der Waals surface area contributed by atoms with Crippen LogP contribution in [-0.4, -0.2) is 58.8 Å². The molecule has 8 nitrogen and oxygen atoms in total. The van der Waals surface area contributed by atoms with Crippen LogP contribution in [0.1, 0.15) is 42.9 Å². The monoisotopic (exact) mass is 598 g/mol. The number of hydrogen-bond donors (Lipinski definition) is 3. The van der Waals surface area contributed by atoms with Gasteiger partial charge in [0, 0.05) is 19.4 Å². The molecule has 0 fully saturated rings. The topological polar surface area (TPSA) is 116 Å². The summed E-state index contributed by atoms with van der Waals surface area (Å²) in [7, 11) is 1.48. The molecule has 0 saturated carbocycles. The van der Waals surface area contributed by atoms with Gasteiger partial charge in [0.05, 0.1) is 10.0 Å². The maximum atomic E-state index is 13.5. The molecule has 1 unspecified atom stereocenters. The maximum absolute atomic E-state index is 13.5. The van der Waals surface area contributed by atoms with E-state index in [4.69, 9.17) is 27.9 Å². The van der Waals surface area contributed by atoms with Crippen LogP contribution >= 0.6 is 23.2 Å². The first-order chi connectivity index (χ1) is 19.5. The third-order valence-corrected chi connectivity index (χ3v) is 8.20. The molecule has 4 rings (SSSR count). The fourth-order valence-electron chi connectivity index (χ4n) is 5.28. The van der Waals surface area contributed by atoms with Crippen LogP contribution < -0.4 is 5.32 Å². The number of ether oxygens (including phenoxy) is 1. The van der Waals surface area contributed by atoms with Crippen molar-refractivity contribution in [3.63, 3.8) is 0 Å². The normalized spacial score (nSPS) is 14.4. The molecule has 0 radical (unpaired) electrons. The predicted octanol–water partition coefficient (Wildman–Crippen LogP) is 6.11. The van der Waals surface area contributed by atoms with E-state index in [9.17, 15) is 24.6 Å². The number of carbonyl (C=O) groups is 3. The van der Waals surface area contributed by atoms with E-state index in [1.165, 1.54) is 24.1 Å². The van der Waals surface area contributed by atoms with Gasteiger partial charge in [-0.1, -0.05) is 92.0 Å². The largest absolute Gasteiger partial charge is 0.505 e. The molecule has 0 aromatic heterocycles. The zero-order valence-electron chi connectivity index (χ0n) is 22.9. The second-order valence-corrected chi connectivity index (χ2v) is 11.1. The van der Waals surface area contributed by atoms with Crippen LogP contribution in [0.25, 0.3) is 11.1 Å². The molecule has 1 aliphatic rings. The van der Waals surface area contributed by atoms with E-state index in [-0.39, 0.29) is 40.7 Å². The maximum Gasteiger partial charge on any atom is 0.410 e. The van der Waals surface area contributed by atoms with Gasteiger partial charge in [-0.05, 0) is 45.9 Å². The number of aromatic hydroxyl groups is 1. The van der Waals surface area contributed by atoms with Crippen molar-refractivity contribution in [1.82, 2.24) is 10.2 Å². The number of likely N-dealkylation sites (N-methyl/N-ethyl adjacent to an activating group) is 1. The Morgan fingerprint density at radius 3 is 2.05 bits per heavy atom. The van der Waals surface area contributed by atoms with Crippen LogP contribution in [0.2, 0.25) is 10.0 Å². The second-order valence-electron chi connectivity index (χ2n) is 10.3. The summed E-state index contributed by atoms with van der Waals surface area (Å²) < 4.78 is 5.75. The molecular weight excluding hydrogens is 567 g/mol. The quantitative estimate of drug-likeness (QED) is 0.259. The van der Waals surface area contributed by atoms with E-state index < -0.39 is 30.1 Å². The third kappa shape index (κ3) is 6.44. The van der Waals surface area contributed by atoms with Crippen molar-refractivity contribution in [2.75, 3.05) is 13.7 Å². The minimum atomic E-state index is -1.33. The fourth-order valence-corrected chi connectivity index (χ4v) is 5.81. The Balaban J connectivity index is 1.48. The van der Waals surface area contributed by atoms with Gasteiger partial charge < -0.3 is 20.3 Å². The minimum absolute atomic E-state index is 0.0320. The summed E-state index contributed by atoms with van der Waals surface area (Å²) in [6.07, 6.45) is -0.265. The number of phenolic OH excluding ortho intramolecular Hbond substituents is 1. The Kier molecular flexibility index (Phi) is 9.46. The van der Waals surface area contributed by atoms with E-state index in [0.717, 1.165) is 22.3 Å². The number of halogens is 2. The van der Waals surface area contributed by atoms with Gasteiger partial charge in [-0.15, -0.1) is 0 Å². The highest BCUT2D eigenvalue weighted by molar-refractivity contribution is 6.37. The van der Waals surface area contributed by atoms with Gasteiger partial charge in [0.2, 0.25) is 5.91 Å². The van der Waals surface area contributed by atoms with Gasteiger partial charge in [-0.2, -0.15) is 0 Å². The number of carboxylic acids is 1. The SMILES string of the molecule is CC[C@H](C)[C@@H](C(=O)NC(Cc1cc(Cl)c(O)c(Cl)c1)C(=O)O)N(C)C(=O)OCC1c2ccccc2-c2ccccc21. The zero-order chi connectivity index (χ0) is 29.8. The van der Waals surface area contributed by atoms with Gasteiger partial charge in [-0.25, -0.2) is 9.59 Å². The van der Waals surface area contributed by atoms with Gasteiger partial charge in [0.15, 0.2) is 5.75 Å². The third-order valence-electron chi connectivity index (χ3n) is 7.62. The van der Waals surface area contributed by atoms with E-state index in [0.29, 0.717) is 12.0 Å². The average Bonchev–Trinajstić information content (AvgIpc) is 3.27. The summed E-state index contributed by atoms with van der Waals surface area (Å²) >= 11 is 12.0. The summed E-state index contributed by atoms with van der Waals surface area (Å²) in [6.45, 7) is 3.78. The smallest absolute Gasteiger partial charge is 0.410 e. The number of aliphatic carboxylic acids is 1. The number of phenols is 1. The molecule has 0 bridgehead atoms. The molecule has 3 N–H and O–H groups in total. The lowest BCUT2D eigenvalue weighted by atomic mass is 9.96. The zero-order valence-corrected chi connectivity index (χ0v) is 24.4. The van der Waals surface area contributed by atoms with Crippen molar-refractivity contribution in [1.29, 1.82) is 0 Å². The summed E-state index contributed by atoms with van der Waals surface area (Å²) in [5.41, 5.74) is 4.75. The van der Waals surface area contributed by atoms with Crippen molar-refractivity contribution < 1.29 is 29.3 Å². The van der Waals surface area contributed by atoms with Crippen LogP contribution in [0.3, 0.4) is 0 Å². The standard InChI is InChI=1S/C31H32Cl2N2O6/c1-4-17(2)27(29(37)34-26(30(38)39)15-18-13-24(32)28(36)25(33)14-18)35(3)31(40)41-16-23-21-11-7-5-9-19(21)20-10-6-8-12-22(20)23/h5-14,17,23,26-27,36H,4,15-16H2,1-3H3,(H,34,37)(H,38,39)/t17-,26?,27-/m0/s1. The van der Waals surface area contributed by atoms with E-state index >= 15 is 0 Å². The van der Waals surface area contributed by atoms with Crippen molar-refractivity contribution in [2.45, 2.75) is 44.7 Å². The summed E-state index contributed by atoms with van der Waals surface area (Å²) in [5.74, 6) is -2.65. The number of benzene rings is 3. The molecule has 0 heterocycles. The highest BCUT2D eigenvalue weighted by Gasteiger charge is 2.36. The van der Waals surface area contributed by atoms with Crippen molar-refractivity contribution >= 4 is 41.2 Å². The van der Waals surface area contributed by atoms with Crippen molar-refractivity contribution in [3.8, 4) is 16.9 Å². The Hall–Kier alpha value is -3.75. The molecule has 0 saturated heterocycles. The van der Waals surface area contributed by atoms with E-state index in [1.807, 2.05) is 62.4 Å². The number of nitrogens with zero attached hydrogens (tertiary/aromatic N) is 1. The van der Waals surface area contributed by atoms with E-state index in [1.54, 1.807) is 0 Å². The lowest BCUT2D eigenvalue weighted by Crippen LogP contribution is -2.55. The molecule has 3 aromatic carbocycles. The molecule has 41 heavy (non-hydrogen) atoms. The van der Waals surface area contributed by atoms with Gasteiger partial charge in [0.1, 0.15) is 18.7 Å². The van der Waals surface area contributed by atoms with E-state index in [2.05, 4.69) is 5.32 Å². The summed E-state index contributed by atoms with van der Waals surface area (Å²) in [4.78, 5) is 40.0. The number of rotatable bonds is 10. The Morgan fingerprint density at radius 2 is 1.54 bits per heavy atom. The minimum Gasteiger partial charge on any atom is -0.505 e. The molecule has 216 valence electrons. The molecular formula is C31H32Cl2N2O6. The molecule has 0 spiro atoms. The number of fused-ring (bicyclic) bond motifs is 3. The summed E-state index contributed by atoms with van der Waals surface area (Å²) in [5, 5.41) is 22.1. The lowest BCUT2D eigenvalue weighted by molar-refractivity contribution is -0.142. The van der Waals surface area contributed by atoms with Crippen LogP contribution in [0, 0.1) is 5.92 Å². The molecule has 10 heteroatoms. The molecule has 0 aliphatic heterocycles. The number of nitrogens with one attached hydrogen (secondary N) is 1. The van der Waals surface area contributed by atoms with Crippen molar-refractivity contribution in [2.24, 2.45) is 5.92 Å². The van der Waals surface area contributed by atoms with Crippen LogP contribution in [0.4, 0.5) is 4.79 Å². The number of carboxylic acid groups (broad SMARTS) is 1. The van der Waals surface area contributed by atoms with Crippen molar-refractivity contribution in [3.05, 3.63) is 87.4 Å².